The van der Waals surface area contributed by atoms with Crippen molar-refractivity contribution < 1.29 is 9.59 Å². The Morgan fingerprint density at radius 2 is 2.00 bits per heavy atom. The Morgan fingerprint density at radius 1 is 1.46 bits per heavy atom. The van der Waals surface area contributed by atoms with Crippen LogP contribution in [-0.2, 0) is 9.59 Å². The lowest BCUT2D eigenvalue weighted by molar-refractivity contribution is -0.132. The minimum Gasteiger partial charge on any atom is -0.368 e. The zero-order valence-corrected chi connectivity index (χ0v) is 8.04. The summed E-state index contributed by atoms with van der Waals surface area (Å²) in [5.74, 6) is 0.210. The molecule has 0 radical (unpaired) electrons. The highest BCUT2D eigenvalue weighted by Gasteiger charge is 2.32. The lowest BCUT2D eigenvalue weighted by atomic mass is 9.75. The van der Waals surface area contributed by atoms with Crippen molar-refractivity contribution in [2.24, 2.45) is 17.6 Å². The first-order chi connectivity index (χ1) is 6.00. The van der Waals surface area contributed by atoms with Crippen LogP contribution >= 0.6 is 0 Å². The number of nitrogens with one attached hydrogen (secondary N) is 1. The third kappa shape index (κ3) is 2.44. The molecule has 0 saturated heterocycles. The van der Waals surface area contributed by atoms with E-state index < -0.39 is 11.9 Å². The van der Waals surface area contributed by atoms with Gasteiger partial charge in [-0.3, -0.25) is 9.59 Å². The van der Waals surface area contributed by atoms with Gasteiger partial charge >= 0.3 is 0 Å². The zero-order chi connectivity index (χ0) is 10.0. The number of carbonyl (C=O) groups excluding carboxylic acids is 2. The SMILES string of the molecule is CC1CC(C(=O)N[C@H](C)C(N)=O)C1. The maximum Gasteiger partial charge on any atom is 0.239 e. The van der Waals surface area contributed by atoms with Crippen molar-refractivity contribution in [1.29, 1.82) is 0 Å². The predicted octanol–water partition coefficient (Wildman–Crippen LogP) is 0.0225. The molecule has 0 aromatic heterocycles. The van der Waals surface area contributed by atoms with Gasteiger partial charge in [-0.05, 0) is 25.7 Å². The summed E-state index contributed by atoms with van der Waals surface area (Å²) in [5, 5.41) is 2.59. The summed E-state index contributed by atoms with van der Waals surface area (Å²) in [6.07, 6.45) is 1.86. The van der Waals surface area contributed by atoms with Crippen LogP contribution in [-0.4, -0.2) is 17.9 Å². The third-order valence-electron chi connectivity index (χ3n) is 2.53. The molecule has 1 atom stereocenters. The molecule has 74 valence electrons. The van der Waals surface area contributed by atoms with Crippen LogP contribution in [0.4, 0.5) is 0 Å². The minimum absolute atomic E-state index is 0.0376. The van der Waals surface area contributed by atoms with Crippen LogP contribution in [0.25, 0.3) is 0 Å². The Hall–Kier alpha value is -1.06. The van der Waals surface area contributed by atoms with Crippen LogP contribution in [0.15, 0.2) is 0 Å². The molecule has 1 fully saturated rings. The molecule has 0 spiro atoms. The summed E-state index contributed by atoms with van der Waals surface area (Å²) >= 11 is 0. The second-order valence-corrected chi connectivity index (χ2v) is 3.91. The predicted molar refractivity (Wildman–Crippen MR) is 48.7 cm³/mol. The fraction of sp³-hybridized carbons (Fsp3) is 0.778. The van der Waals surface area contributed by atoms with Crippen LogP contribution in [0.3, 0.4) is 0 Å². The van der Waals surface area contributed by atoms with E-state index in [1.54, 1.807) is 6.92 Å². The van der Waals surface area contributed by atoms with Gasteiger partial charge in [0.1, 0.15) is 6.04 Å². The Bertz CT molecular complexity index is 222. The van der Waals surface area contributed by atoms with Crippen molar-refractivity contribution >= 4 is 11.8 Å². The molecule has 0 unspecified atom stereocenters. The standard InChI is InChI=1S/C9H16N2O2/c1-5-3-7(4-5)9(13)11-6(2)8(10)12/h5-7H,3-4H2,1-2H3,(H2,10,12)(H,11,13)/t5?,6-,7?/m1/s1. The molecular formula is C9H16N2O2. The minimum atomic E-state index is -0.552. The lowest BCUT2D eigenvalue weighted by Crippen LogP contribution is -2.47. The van der Waals surface area contributed by atoms with Crippen molar-refractivity contribution in [2.45, 2.75) is 32.7 Å². The van der Waals surface area contributed by atoms with Crippen LogP contribution < -0.4 is 11.1 Å². The first-order valence-electron chi connectivity index (χ1n) is 4.60. The fourth-order valence-corrected chi connectivity index (χ4v) is 1.52. The summed E-state index contributed by atoms with van der Waals surface area (Å²) in [6, 6.07) is -0.552. The topological polar surface area (TPSA) is 72.2 Å². The number of hydrogen-bond donors (Lipinski definition) is 2. The van der Waals surface area contributed by atoms with E-state index in [1.165, 1.54) is 0 Å². The Labute approximate surface area is 77.9 Å². The van der Waals surface area contributed by atoms with Gasteiger partial charge in [0.15, 0.2) is 0 Å². The summed E-state index contributed by atoms with van der Waals surface area (Å²) in [7, 11) is 0. The van der Waals surface area contributed by atoms with Gasteiger partial charge in [0.2, 0.25) is 11.8 Å². The number of rotatable bonds is 3. The van der Waals surface area contributed by atoms with Crippen molar-refractivity contribution in [3.63, 3.8) is 0 Å². The van der Waals surface area contributed by atoms with E-state index >= 15 is 0 Å². The summed E-state index contributed by atoms with van der Waals surface area (Å²) < 4.78 is 0. The fourth-order valence-electron chi connectivity index (χ4n) is 1.52. The van der Waals surface area contributed by atoms with Crippen LogP contribution in [0.2, 0.25) is 0 Å². The van der Waals surface area contributed by atoms with E-state index in [0.717, 1.165) is 12.8 Å². The average Bonchev–Trinajstić information content (AvgIpc) is 1.98. The van der Waals surface area contributed by atoms with Gasteiger partial charge in [-0.15, -0.1) is 0 Å². The van der Waals surface area contributed by atoms with Crippen LogP contribution in [0.5, 0.6) is 0 Å². The molecule has 3 N–H and O–H groups in total. The first-order valence-corrected chi connectivity index (χ1v) is 4.60. The zero-order valence-electron chi connectivity index (χ0n) is 8.04. The number of primary amides is 1. The highest BCUT2D eigenvalue weighted by atomic mass is 16.2. The van der Waals surface area contributed by atoms with Gasteiger partial charge in [0, 0.05) is 5.92 Å². The second kappa shape index (κ2) is 3.77. The largest absolute Gasteiger partial charge is 0.368 e. The van der Waals surface area contributed by atoms with Gasteiger partial charge in [-0.2, -0.15) is 0 Å². The van der Waals surface area contributed by atoms with Crippen molar-refractivity contribution in [2.75, 3.05) is 0 Å². The molecule has 0 aliphatic heterocycles. The molecule has 1 aliphatic rings. The van der Waals surface area contributed by atoms with Gasteiger partial charge in [-0.25, -0.2) is 0 Å². The number of amides is 2. The lowest BCUT2D eigenvalue weighted by Gasteiger charge is -2.31. The van der Waals surface area contributed by atoms with Crippen LogP contribution in [0, 0.1) is 11.8 Å². The van der Waals surface area contributed by atoms with Crippen LogP contribution in [0.1, 0.15) is 26.7 Å². The molecular weight excluding hydrogens is 168 g/mol. The van der Waals surface area contributed by atoms with Gasteiger partial charge in [0.25, 0.3) is 0 Å². The number of hydrogen-bond acceptors (Lipinski definition) is 2. The quantitative estimate of drug-likeness (QED) is 0.649. The van der Waals surface area contributed by atoms with Gasteiger partial charge < -0.3 is 11.1 Å². The molecule has 4 heteroatoms. The summed E-state index contributed by atoms with van der Waals surface area (Å²) in [6.45, 7) is 3.71. The van der Waals surface area contributed by atoms with Gasteiger partial charge in [-0.1, -0.05) is 6.92 Å². The highest BCUT2D eigenvalue weighted by molar-refractivity contribution is 5.87. The van der Waals surface area contributed by atoms with E-state index in [0.29, 0.717) is 5.92 Å². The smallest absolute Gasteiger partial charge is 0.239 e. The highest BCUT2D eigenvalue weighted by Crippen LogP contribution is 2.32. The molecule has 0 heterocycles. The summed E-state index contributed by atoms with van der Waals surface area (Å²) in [4.78, 5) is 22.0. The summed E-state index contributed by atoms with van der Waals surface area (Å²) in [5.41, 5.74) is 5.02. The average molecular weight is 184 g/mol. The molecule has 0 aromatic carbocycles. The normalized spacial score (nSPS) is 28.8. The molecule has 0 bridgehead atoms. The van der Waals surface area contributed by atoms with Crippen molar-refractivity contribution in [1.82, 2.24) is 5.32 Å². The molecule has 1 saturated carbocycles. The van der Waals surface area contributed by atoms with E-state index in [-0.39, 0.29) is 11.8 Å². The van der Waals surface area contributed by atoms with E-state index in [4.69, 9.17) is 5.73 Å². The first kappa shape index (κ1) is 10.0. The maximum absolute atomic E-state index is 11.4. The Morgan fingerprint density at radius 3 is 2.38 bits per heavy atom. The van der Waals surface area contributed by atoms with Crippen molar-refractivity contribution in [3.8, 4) is 0 Å². The molecule has 4 nitrogen and oxygen atoms in total. The van der Waals surface area contributed by atoms with E-state index in [1.807, 2.05) is 0 Å². The Balaban J connectivity index is 2.29. The van der Waals surface area contributed by atoms with E-state index in [2.05, 4.69) is 12.2 Å². The molecule has 1 aliphatic carbocycles. The number of nitrogens with two attached hydrogens (primary N) is 1. The maximum atomic E-state index is 11.4. The molecule has 2 amide bonds. The molecule has 13 heavy (non-hydrogen) atoms. The third-order valence-corrected chi connectivity index (χ3v) is 2.53. The second-order valence-electron chi connectivity index (χ2n) is 3.91. The Kier molecular flexibility index (Phi) is 2.90. The van der Waals surface area contributed by atoms with Gasteiger partial charge in [0.05, 0.1) is 0 Å². The van der Waals surface area contributed by atoms with Crippen molar-refractivity contribution in [3.05, 3.63) is 0 Å². The molecule has 1 rings (SSSR count). The monoisotopic (exact) mass is 184 g/mol. The molecule has 0 aromatic rings. The number of carbonyl (C=O) groups is 2. The van der Waals surface area contributed by atoms with E-state index in [9.17, 15) is 9.59 Å².